The fourth-order valence-corrected chi connectivity index (χ4v) is 2.15. The average Bonchev–Trinajstić information content (AvgIpc) is 2.88. The third-order valence-corrected chi connectivity index (χ3v) is 3.56. The number of carbonyl (C=O) groups is 2. The van der Waals surface area contributed by atoms with Crippen LogP contribution in [0.2, 0.25) is 0 Å². The zero-order valence-electron chi connectivity index (χ0n) is 12.3. The van der Waals surface area contributed by atoms with Crippen molar-refractivity contribution in [1.29, 1.82) is 0 Å². The van der Waals surface area contributed by atoms with Crippen LogP contribution in [-0.2, 0) is 14.3 Å². The smallest absolute Gasteiger partial charge is 0.231 e. The van der Waals surface area contributed by atoms with Gasteiger partial charge in [0.1, 0.15) is 0 Å². The Morgan fingerprint density at radius 2 is 2.10 bits per heavy atom. The molecule has 1 aliphatic heterocycles. The highest BCUT2D eigenvalue weighted by Gasteiger charge is 2.31. The number of carbonyl (C=O) groups excluding carboxylic acids is 2. The van der Waals surface area contributed by atoms with Crippen molar-refractivity contribution < 1.29 is 14.3 Å². The lowest BCUT2D eigenvalue weighted by molar-refractivity contribution is -0.120. The third kappa shape index (κ3) is 3.80. The van der Waals surface area contributed by atoms with E-state index >= 15 is 0 Å². The van der Waals surface area contributed by atoms with Gasteiger partial charge in [0.15, 0.2) is 0 Å². The molecule has 1 aliphatic rings. The summed E-state index contributed by atoms with van der Waals surface area (Å²) in [4.78, 5) is 23.6. The van der Waals surface area contributed by atoms with E-state index in [0.717, 1.165) is 5.56 Å². The van der Waals surface area contributed by atoms with E-state index < -0.39 is 0 Å². The Bertz CT molecular complexity index is 545. The summed E-state index contributed by atoms with van der Waals surface area (Å²) < 4.78 is 5.21. The lowest BCUT2D eigenvalue weighted by Gasteiger charge is -2.16. The molecule has 0 bridgehead atoms. The van der Waals surface area contributed by atoms with Gasteiger partial charge in [-0.3, -0.25) is 9.59 Å². The van der Waals surface area contributed by atoms with Crippen LogP contribution in [0.1, 0.15) is 18.9 Å². The number of hydrogen-bond donors (Lipinski definition) is 3. The molecule has 0 spiro atoms. The molecule has 1 heterocycles. The Labute approximate surface area is 124 Å². The maximum absolute atomic E-state index is 12.2. The minimum absolute atomic E-state index is 0.0673. The summed E-state index contributed by atoms with van der Waals surface area (Å²) in [6.45, 7) is 4.43. The van der Waals surface area contributed by atoms with E-state index in [1.807, 2.05) is 19.1 Å². The Morgan fingerprint density at radius 3 is 2.71 bits per heavy atom. The first kappa shape index (κ1) is 15.5. The number of benzene rings is 1. The largest absolute Gasteiger partial charge is 0.379 e. The standard InChI is InChI=1S/C15H21N3O3/c1-3-14(19)17-10-5-4-9(2)13(6-10)18-15(20)11-7-21-8-12(11)16/h4-6,11-12H,3,7-8,16H2,1-2H3,(H,17,19)(H,18,20). The topological polar surface area (TPSA) is 93.5 Å². The molecule has 4 N–H and O–H groups in total. The molecule has 0 saturated carbocycles. The van der Waals surface area contributed by atoms with Gasteiger partial charge in [-0.15, -0.1) is 0 Å². The van der Waals surface area contributed by atoms with Crippen molar-refractivity contribution in [1.82, 2.24) is 0 Å². The zero-order chi connectivity index (χ0) is 15.4. The van der Waals surface area contributed by atoms with Gasteiger partial charge in [-0.05, 0) is 24.6 Å². The van der Waals surface area contributed by atoms with Crippen molar-refractivity contribution in [2.24, 2.45) is 11.7 Å². The third-order valence-electron chi connectivity index (χ3n) is 3.56. The lowest BCUT2D eigenvalue weighted by atomic mass is 10.0. The number of nitrogens with two attached hydrogens (primary N) is 1. The molecule has 1 aromatic rings. The Kier molecular flexibility index (Phi) is 4.93. The summed E-state index contributed by atoms with van der Waals surface area (Å²) in [5.74, 6) is -0.553. The highest BCUT2D eigenvalue weighted by Crippen LogP contribution is 2.22. The summed E-state index contributed by atoms with van der Waals surface area (Å²) in [6.07, 6.45) is 0.407. The molecule has 1 aromatic carbocycles. The van der Waals surface area contributed by atoms with Crippen LogP contribution in [0.25, 0.3) is 0 Å². The normalized spacial score (nSPS) is 21.1. The molecular weight excluding hydrogens is 270 g/mol. The van der Waals surface area contributed by atoms with Crippen molar-refractivity contribution in [2.45, 2.75) is 26.3 Å². The van der Waals surface area contributed by atoms with Crippen LogP contribution in [0.4, 0.5) is 11.4 Å². The van der Waals surface area contributed by atoms with E-state index in [4.69, 9.17) is 10.5 Å². The number of amides is 2. The van der Waals surface area contributed by atoms with Crippen molar-refractivity contribution in [3.63, 3.8) is 0 Å². The van der Waals surface area contributed by atoms with Gasteiger partial charge in [-0.2, -0.15) is 0 Å². The fourth-order valence-electron chi connectivity index (χ4n) is 2.15. The number of anilines is 2. The van der Waals surface area contributed by atoms with E-state index in [0.29, 0.717) is 31.0 Å². The van der Waals surface area contributed by atoms with E-state index in [9.17, 15) is 9.59 Å². The quantitative estimate of drug-likeness (QED) is 0.778. The zero-order valence-corrected chi connectivity index (χ0v) is 12.3. The Morgan fingerprint density at radius 1 is 1.33 bits per heavy atom. The minimum Gasteiger partial charge on any atom is -0.379 e. The molecule has 2 unspecified atom stereocenters. The molecule has 114 valence electrons. The van der Waals surface area contributed by atoms with Crippen LogP contribution in [0.5, 0.6) is 0 Å². The van der Waals surface area contributed by atoms with Crippen molar-refractivity contribution in [3.05, 3.63) is 23.8 Å². The summed E-state index contributed by atoms with van der Waals surface area (Å²) in [7, 11) is 0. The molecule has 6 nitrogen and oxygen atoms in total. The molecule has 0 radical (unpaired) electrons. The van der Waals surface area contributed by atoms with Crippen LogP contribution < -0.4 is 16.4 Å². The van der Waals surface area contributed by atoms with Gasteiger partial charge < -0.3 is 21.1 Å². The summed E-state index contributed by atoms with van der Waals surface area (Å²) in [6, 6.07) is 5.14. The van der Waals surface area contributed by atoms with Crippen LogP contribution >= 0.6 is 0 Å². The first-order valence-corrected chi connectivity index (χ1v) is 7.06. The molecule has 0 aromatic heterocycles. The Balaban J connectivity index is 2.09. The number of ether oxygens (including phenoxy) is 1. The maximum atomic E-state index is 12.2. The number of nitrogens with one attached hydrogen (secondary N) is 2. The molecule has 2 rings (SSSR count). The molecular formula is C15H21N3O3. The summed E-state index contributed by atoms with van der Waals surface area (Å²) in [5, 5.41) is 5.64. The minimum atomic E-state index is -0.335. The van der Waals surface area contributed by atoms with Gasteiger partial charge in [0, 0.05) is 23.8 Å². The molecule has 2 amide bonds. The first-order valence-electron chi connectivity index (χ1n) is 7.06. The maximum Gasteiger partial charge on any atom is 0.231 e. The second-order valence-corrected chi connectivity index (χ2v) is 5.23. The first-order chi connectivity index (χ1) is 10.0. The van der Waals surface area contributed by atoms with Gasteiger partial charge in [-0.1, -0.05) is 13.0 Å². The van der Waals surface area contributed by atoms with Crippen LogP contribution in [0, 0.1) is 12.8 Å². The average molecular weight is 291 g/mol. The highest BCUT2D eigenvalue weighted by molar-refractivity contribution is 5.96. The predicted octanol–water partition coefficient (Wildman–Crippen LogP) is 1.26. The predicted molar refractivity (Wildman–Crippen MR) is 81.0 cm³/mol. The Hall–Kier alpha value is -1.92. The lowest BCUT2D eigenvalue weighted by Crippen LogP contribution is -2.37. The van der Waals surface area contributed by atoms with Gasteiger partial charge in [-0.25, -0.2) is 0 Å². The summed E-state index contributed by atoms with van der Waals surface area (Å²) >= 11 is 0. The van der Waals surface area contributed by atoms with Crippen molar-refractivity contribution in [3.8, 4) is 0 Å². The van der Waals surface area contributed by atoms with E-state index in [2.05, 4.69) is 10.6 Å². The second-order valence-electron chi connectivity index (χ2n) is 5.23. The molecule has 1 saturated heterocycles. The van der Waals surface area contributed by atoms with Crippen LogP contribution in [0.3, 0.4) is 0 Å². The summed E-state index contributed by atoms with van der Waals surface area (Å²) in [5.41, 5.74) is 8.10. The van der Waals surface area contributed by atoms with Gasteiger partial charge in [0.05, 0.1) is 19.1 Å². The van der Waals surface area contributed by atoms with E-state index in [1.165, 1.54) is 0 Å². The second kappa shape index (κ2) is 6.69. The van der Waals surface area contributed by atoms with Gasteiger partial charge >= 0.3 is 0 Å². The number of aryl methyl sites for hydroxylation is 1. The van der Waals surface area contributed by atoms with E-state index in [-0.39, 0.29) is 23.8 Å². The highest BCUT2D eigenvalue weighted by atomic mass is 16.5. The van der Waals surface area contributed by atoms with Gasteiger partial charge in [0.25, 0.3) is 0 Å². The van der Waals surface area contributed by atoms with Crippen LogP contribution in [0.15, 0.2) is 18.2 Å². The SMILES string of the molecule is CCC(=O)Nc1ccc(C)c(NC(=O)C2COCC2N)c1. The van der Waals surface area contributed by atoms with Crippen molar-refractivity contribution >= 4 is 23.2 Å². The molecule has 2 atom stereocenters. The number of rotatable bonds is 4. The van der Waals surface area contributed by atoms with Crippen molar-refractivity contribution in [2.75, 3.05) is 23.8 Å². The van der Waals surface area contributed by atoms with Crippen LogP contribution in [-0.4, -0.2) is 31.1 Å². The molecule has 0 aliphatic carbocycles. The number of hydrogen-bond acceptors (Lipinski definition) is 4. The monoisotopic (exact) mass is 291 g/mol. The molecule has 1 fully saturated rings. The molecule has 21 heavy (non-hydrogen) atoms. The fraction of sp³-hybridized carbons (Fsp3) is 0.467. The molecule has 6 heteroatoms. The van der Waals surface area contributed by atoms with E-state index in [1.54, 1.807) is 13.0 Å². The van der Waals surface area contributed by atoms with Gasteiger partial charge in [0.2, 0.25) is 11.8 Å².